The molecule has 0 N–H and O–H groups in total. The molecule has 2 heterocycles. The predicted molar refractivity (Wildman–Crippen MR) is 70.9 cm³/mol. The van der Waals surface area contributed by atoms with Gasteiger partial charge >= 0.3 is 18.5 Å². The maximum Gasteiger partial charge on any atom is 0.422 e. The van der Waals surface area contributed by atoms with E-state index in [0.717, 1.165) is 18.3 Å². The molecule has 0 spiro atoms. The van der Waals surface area contributed by atoms with E-state index in [-0.39, 0.29) is 4.90 Å². The van der Waals surface area contributed by atoms with Crippen LogP contribution in [0.2, 0.25) is 0 Å². The average Bonchev–Trinajstić information content (AvgIpc) is 2.98. The molecule has 0 saturated carbocycles. The lowest BCUT2D eigenvalue weighted by Gasteiger charge is -2.33. The molecule has 1 aliphatic rings. The molecule has 152 valence electrons. The Hall–Kier alpha value is -2.21. The molecule has 1 fully saturated rings. The normalized spacial score (nSPS) is 17.9. The third-order valence-corrected chi connectivity index (χ3v) is 4.02. The van der Waals surface area contributed by atoms with E-state index in [1.54, 1.807) is 0 Å². The fraction of sp³-hybridized carbons (Fsp3) is 0.571. The van der Waals surface area contributed by atoms with Crippen LogP contribution in [0.3, 0.4) is 0 Å². The number of amides is 1. The maximum atomic E-state index is 13.1. The standard InChI is InChI=1S/C14H11F9N2O2/c15-12(16,17)7-27-9-8(2-1-4-24-9)10(26)25-5-3-11(6-25,13(18,19)20)14(21,22)23/h1-2,4H,3,5-7H2. The zero-order valence-electron chi connectivity index (χ0n) is 13.2. The Morgan fingerprint density at radius 2 is 1.70 bits per heavy atom. The van der Waals surface area contributed by atoms with Gasteiger partial charge in [-0.15, -0.1) is 0 Å². The van der Waals surface area contributed by atoms with Crippen molar-refractivity contribution in [3.05, 3.63) is 23.9 Å². The SMILES string of the molecule is O=C(c1cccnc1OCC(F)(F)F)N1CCC(C(F)(F)F)(C(F)(F)F)C1. The summed E-state index contributed by atoms with van der Waals surface area (Å²) < 4.78 is 119. The monoisotopic (exact) mass is 410 g/mol. The molecular formula is C14H11F9N2O2. The first-order chi connectivity index (χ1) is 12.2. The first kappa shape index (κ1) is 21.1. The van der Waals surface area contributed by atoms with Crippen LogP contribution in [0.15, 0.2) is 18.3 Å². The summed E-state index contributed by atoms with van der Waals surface area (Å²) in [6.45, 7) is -4.42. The lowest BCUT2D eigenvalue weighted by Crippen LogP contribution is -2.52. The quantitative estimate of drug-likeness (QED) is 0.709. The van der Waals surface area contributed by atoms with Gasteiger partial charge in [0, 0.05) is 19.3 Å². The molecule has 0 unspecified atom stereocenters. The molecule has 1 amide bonds. The van der Waals surface area contributed by atoms with E-state index in [4.69, 9.17) is 0 Å². The van der Waals surface area contributed by atoms with Crippen LogP contribution in [0.5, 0.6) is 5.88 Å². The zero-order chi connectivity index (χ0) is 20.7. The van der Waals surface area contributed by atoms with Crippen LogP contribution in [0, 0.1) is 5.41 Å². The van der Waals surface area contributed by atoms with E-state index in [1.807, 2.05) is 0 Å². The number of ether oxygens (including phenoxy) is 1. The Labute approximate surface area is 145 Å². The highest BCUT2D eigenvalue weighted by molar-refractivity contribution is 5.96. The molecule has 0 radical (unpaired) electrons. The van der Waals surface area contributed by atoms with Crippen molar-refractivity contribution >= 4 is 5.91 Å². The first-order valence-corrected chi connectivity index (χ1v) is 7.25. The molecule has 1 saturated heterocycles. The van der Waals surface area contributed by atoms with Gasteiger partial charge in [0.25, 0.3) is 5.91 Å². The first-order valence-electron chi connectivity index (χ1n) is 7.25. The van der Waals surface area contributed by atoms with Gasteiger partial charge in [0.2, 0.25) is 5.88 Å². The fourth-order valence-electron chi connectivity index (χ4n) is 2.60. The number of carbonyl (C=O) groups excluding carboxylic acids is 1. The van der Waals surface area contributed by atoms with Crippen LogP contribution in [-0.4, -0.2) is 54.0 Å². The lowest BCUT2D eigenvalue weighted by molar-refractivity contribution is -0.334. The molecule has 1 aromatic rings. The fourth-order valence-corrected chi connectivity index (χ4v) is 2.60. The number of rotatable bonds is 3. The molecule has 1 aliphatic heterocycles. The number of aromatic nitrogens is 1. The minimum absolute atomic E-state index is 0.276. The van der Waals surface area contributed by atoms with Crippen molar-refractivity contribution in [1.29, 1.82) is 0 Å². The Morgan fingerprint density at radius 3 is 2.19 bits per heavy atom. The number of likely N-dealkylation sites (tertiary alicyclic amines) is 1. The molecule has 0 aliphatic carbocycles. The molecule has 27 heavy (non-hydrogen) atoms. The number of carbonyl (C=O) groups is 1. The summed E-state index contributed by atoms with van der Waals surface area (Å²) in [5.74, 6) is -2.17. The van der Waals surface area contributed by atoms with Gasteiger partial charge in [0.15, 0.2) is 12.0 Å². The lowest BCUT2D eigenvalue weighted by atomic mass is 9.85. The molecule has 4 nitrogen and oxygen atoms in total. The van der Waals surface area contributed by atoms with Crippen molar-refractivity contribution in [3.63, 3.8) is 0 Å². The van der Waals surface area contributed by atoms with E-state index in [1.165, 1.54) is 0 Å². The molecule has 0 bridgehead atoms. The molecular weight excluding hydrogens is 399 g/mol. The minimum atomic E-state index is -5.66. The highest BCUT2D eigenvalue weighted by atomic mass is 19.4. The predicted octanol–water partition coefficient (Wildman–Crippen LogP) is 3.98. The van der Waals surface area contributed by atoms with Crippen molar-refractivity contribution in [2.45, 2.75) is 24.9 Å². The Bertz CT molecular complexity index is 683. The summed E-state index contributed by atoms with van der Waals surface area (Å²) in [5, 5.41) is 0. The van der Waals surface area contributed by atoms with Crippen LogP contribution < -0.4 is 4.74 Å². The van der Waals surface area contributed by atoms with E-state index >= 15 is 0 Å². The van der Waals surface area contributed by atoms with Gasteiger partial charge < -0.3 is 9.64 Å². The van der Waals surface area contributed by atoms with E-state index in [0.29, 0.717) is 0 Å². The third kappa shape index (κ3) is 4.21. The highest BCUT2D eigenvalue weighted by Crippen LogP contribution is 2.55. The van der Waals surface area contributed by atoms with Crippen molar-refractivity contribution in [2.75, 3.05) is 19.7 Å². The Balaban J connectivity index is 2.28. The average molecular weight is 410 g/mol. The minimum Gasteiger partial charge on any atom is -0.467 e. The van der Waals surface area contributed by atoms with Crippen LogP contribution in [0.1, 0.15) is 16.8 Å². The van der Waals surface area contributed by atoms with E-state index in [9.17, 15) is 44.3 Å². The van der Waals surface area contributed by atoms with Crippen molar-refractivity contribution in [3.8, 4) is 5.88 Å². The largest absolute Gasteiger partial charge is 0.467 e. The molecule has 13 heteroatoms. The van der Waals surface area contributed by atoms with Gasteiger partial charge in [-0.1, -0.05) is 0 Å². The summed E-state index contributed by atoms with van der Waals surface area (Å²) in [4.78, 5) is 16.0. The maximum absolute atomic E-state index is 13.1. The summed E-state index contributed by atoms with van der Waals surface area (Å²) in [7, 11) is 0. The summed E-state index contributed by atoms with van der Waals surface area (Å²) >= 11 is 0. The second kappa shape index (κ2) is 6.75. The zero-order valence-corrected chi connectivity index (χ0v) is 13.2. The van der Waals surface area contributed by atoms with Crippen LogP contribution in [0.4, 0.5) is 39.5 Å². The second-order valence-electron chi connectivity index (χ2n) is 5.81. The van der Waals surface area contributed by atoms with Crippen LogP contribution >= 0.6 is 0 Å². The van der Waals surface area contributed by atoms with E-state index in [2.05, 4.69) is 9.72 Å². The smallest absolute Gasteiger partial charge is 0.422 e. The Morgan fingerprint density at radius 1 is 1.11 bits per heavy atom. The van der Waals surface area contributed by atoms with Gasteiger partial charge in [-0.3, -0.25) is 4.79 Å². The topological polar surface area (TPSA) is 42.4 Å². The third-order valence-electron chi connectivity index (χ3n) is 4.02. The molecule has 2 rings (SSSR count). The van der Waals surface area contributed by atoms with Crippen molar-refractivity contribution < 1.29 is 49.0 Å². The van der Waals surface area contributed by atoms with Crippen LogP contribution in [0.25, 0.3) is 0 Å². The number of alkyl halides is 9. The van der Waals surface area contributed by atoms with Crippen molar-refractivity contribution in [2.24, 2.45) is 5.41 Å². The number of nitrogens with zero attached hydrogens (tertiary/aromatic N) is 2. The number of hydrogen-bond donors (Lipinski definition) is 0. The van der Waals surface area contributed by atoms with Gasteiger partial charge in [-0.05, 0) is 18.6 Å². The number of pyridine rings is 1. The molecule has 0 aromatic carbocycles. The number of hydrogen-bond acceptors (Lipinski definition) is 3. The van der Waals surface area contributed by atoms with Gasteiger partial charge in [-0.2, -0.15) is 39.5 Å². The highest BCUT2D eigenvalue weighted by Gasteiger charge is 2.72. The number of halogens is 9. The van der Waals surface area contributed by atoms with Crippen LogP contribution in [-0.2, 0) is 0 Å². The van der Waals surface area contributed by atoms with Gasteiger partial charge in [0.05, 0.1) is 0 Å². The van der Waals surface area contributed by atoms with Gasteiger partial charge in [-0.25, -0.2) is 4.98 Å². The Kier molecular flexibility index (Phi) is 5.27. The molecule has 1 aromatic heterocycles. The second-order valence-corrected chi connectivity index (χ2v) is 5.81. The summed E-state index contributed by atoms with van der Waals surface area (Å²) in [6, 6.07) is 1.99. The van der Waals surface area contributed by atoms with E-state index < -0.39 is 67.4 Å². The van der Waals surface area contributed by atoms with Crippen molar-refractivity contribution in [1.82, 2.24) is 9.88 Å². The molecule has 0 atom stereocenters. The summed E-state index contributed by atoms with van der Waals surface area (Å²) in [6.07, 6.45) is -16.6. The summed E-state index contributed by atoms with van der Waals surface area (Å²) in [5.41, 5.74) is -4.77. The van der Waals surface area contributed by atoms with Gasteiger partial charge in [0.1, 0.15) is 5.56 Å².